The van der Waals surface area contributed by atoms with Crippen molar-refractivity contribution in [3.05, 3.63) is 425 Å². The predicted molar refractivity (Wildman–Crippen MR) is 519 cm³/mol. The first-order chi connectivity index (χ1) is 60.0. The minimum atomic E-state index is 0.931. The third-order valence-corrected chi connectivity index (χ3v) is 28.0. The molecular weight excluding hydrogens is 1500 g/mol. The zero-order valence-electron chi connectivity index (χ0n) is 65.6. The molecule has 0 atom stereocenters. The largest absolute Gasteiger partial charge is 0.456 e. The molecule has 0 saturated heterocycles. The Morgan fingerprint density at radius 2 is 0.446 bits per heavy atom. The molecule has 0 amide bonds. The molecule has 0 N–H and O–H groups in total. The SMILES string of the molecule is c1ccc(-c2ccc3c(-c4cccc(-c5ccc6c7c(cccc57)-c5ccccc5-6)c4)cccc3c2)cc1.c1ccc2c(c1)-c1cccc3c(-c4cc(-c5cccc6sc7ccccc7c56)cc(-c5cccc6sc7ccccc7c56)c4)ccc-2c13.c1ccc2c(c1)-c1cccc3c(-c4ccc(-c5ccc6oc7ccccc7c6c5)cc4)ccc-2c13. The Hall–Kier alpha value is -15.1. The Labute approximate surface area is 707 Å². The van der Waals surface area contributed by atoms with Crippen LogP contribution in [0.4, 0.5) is 0 Å². The molecule has 3 heterocycles. The molecule has 1 nitrogen and oxygen atoms in total. The van der Waals surface area contributed by atoms with Gasteiger partial charge in [-0.3, -0.25) is 0 Å². The molecule has 0 fully saturated rings. The highest BCUT2D eigenvalue weighted by Crippen LogP contribution is 2.55. The number of hydrogen-bond donors (Lipinski definition) is 0. The summed E-state index contributed by atoms with van der Waals surface area (Å²) in [5, 5.41) is 18.2. The van der Waals surface area contributed by atoms with Gasteiger partial charge in [0.05, 0.1) is 0 Å². The third-order valence-electron chi connectivity index (χ3n) is 25.7. The van der Waals surface area contributed by atoms with Crippen LogP contribution in [-0.2, 0) is 0 Å². The molecule has 0 spiro atoms. The van der Waals surface area contributed by atoms with E-state index in [9.17, 15) is 0 Å². The van der Waals surface area contributed by atoms with Crippen molar-refractivity contribution in [1.82, 2.24) is 0 Å². The lowest BCUT2D eigenvalue weighted by Crippen LogP contribution is -1.89. The highest BCUT2D eigenvalue weighted by molar-refractivity contribution is 7.26. The molecule has 21 aromatic carbocycles. The summed E-state index contributed by atoms with van der Waals surface area (Å²) in [5.41, 5.74) is 38.0. The molecule has 560 valence electrons. The molecule has 3 aliphatic carbocycles. The summed E-state index contributed by atoms with van der Waals surface area (Å²) in [4.78, 5) is 0. The Kier molecular flexibility index (Phi) is 15.9. The standard InChI is InChI=1S/C46H26S2.C38H24.C34H20O/c1-2-11-34-33(10-1)36-17-7-16-35-30(22-23-37(34)44(35)36)27-24-28(31-14-8-20-42-45(31)38-12-3-5-18-40(38)47-42)26-29(25-27)32-15-9-21-43-46(32)39-13-4-6-19-41(39)48-43;1-2-9-25(10-3-1)26-19-20-31-27(23-26)13-7-16-30(31)28-11-6-12-29(24-28)32-21-22-37-34-15-5-4-14-33(34)36-18-8-17-35(32)38(36)37;1-2-7-26-25(6-1)29-10-5-9-28-24(17-18-30(26)34(28)29)22-14-12-21(13-15-22)23-16-19-33-31(20-23)27-8-3-4-11-32(27)35-33/h1-26H;1-24H;1-20H. The average Bonchev–Trinajstić information content (AvgIpc) is 1.60. The monoisotopic (exact) mass is 1570 g/mol. The van der Waals surface area contributed by atoms with Gasteiger partial charge in [-0.2, -0.15) is 0 Å². The number of fused-ring (bicyclic) bond motifs is 19. The van der Waals surface area contributed by atoms with Gasteiger partial charge in [-0.1, -0.05) is 352 Å². The molecule has 121 heavy (non-hydrogen) atoms. The number of furan rings is 1. The number of rotatable bonds is 8. The molecule has 0 saturated carbocycles. The lowest BCUT2D eigenvalue weighted by atomic mass is 9.88. The van der Waals surface area contributed by atoms with E-state index in [0.29, 0.717) is 0 Å². The Morgan fingerprint density at radius 1 is 0.132 bits per heavy atom. The van der Waals surface area contributed by atoms with Crippen LogP contribution in [0.1, 0.15) is 0 Å². The molecule has 3 heteroatoms. The van der Waals surface area contributed by atoms with Gasteiger partial charge in [0, 0.05) is 51.1 Å². The summed E-state index contributed by atoms with van der Waals surface area (Å²) in [6, 6.07) is 156. The van der Waals surface area contributed by atoms with Crippen LogP contribution in [0.25, 0.3) is 261 Å². The first-order valence-corrected chi connectivity index (χ1v) is 43.3. The van der Waals surface area contributed by atoms with Gasteiger partial charge in [0.15, 0.2) is 0 Å². The summed E-state index contributed by atoms with van der Waals surface area (Å²) in [6.45, 7) is 0. The zero-order chi connectivity index (χ0) is 79.3. The van der Waals surface area contributed by atoms with Crippen LogP contribution in [0.2, 0.25) is 0 Å². The summed E-state index contributed by atoms with van der Waals surface area (Å²) < 4.78 is 11.3. The van der Waals surface area contributed by atoms with Crippen molar-refractivity contribution in [1.29, 1.82) is 0 Å². The van der Waals surface area contributed by atoms with Crippen molar-refractivity contribution >= 4 is 128 Å². The minimum absolute atomic E-state index is 0.931. The molecule has 3 aromatic heterocycles. The fourth-order valence-corrected chi connectivity index (χ4v) is 22.5. The van der Waals surface area contributed by atoms with E-state index in [1.165, 1.54) is 239 Å². The highest BCUT2D eigenvalue weighted by Gasteiger charge is 2.28. The van der Waals surface area contributed by atoms with Crippen LogP contribution < -0.4 is 0 Å². The Balaban J connectivity index is 0.000000102. The first-order valence-electron chi connectivity index (χ1n) is 41.6. The van der Waals surface area contributed by atoms with E-state index >= 15 is 0 Å². The van der Waals surface area contributed by atoms with Gasteiger partial charge in [-0.25, -0.2) is 0 Å². The maximum Gasteiger partial charge on any atom is 0.135 e. The van der Waals surface area contributed by atoms with E-state index in [-0.39, 0.29) is 0 Å². The molecule has 0 radical (unpaired) electrons. The second-order valence-corrected chi connectivity index (χ2v) is 34.4. The van der Waals surface area contributed by atoms with Gasteiger partial charge in [0.2, 0.25) is 0 Å². The Bertz CT molecular complexity index is 8240. The predicted octanol–water partition coefficient (Wildman–Crippen LogP) is 34.6. The number of benzene rings is 21. The lowest BCUT2D eigenvalue weighted by molar-refractivity contribution is 0.669. The molecule has 27 rings (SSSR count). The van der Waals surface area contributed by atoms with E-state index in [1.54, 1.807) is 0 Å². The smallest absolute Gasteiger partial charge is 0.135 e. The maximum absolute atomic E-state index is 6.01. The summed E-state index contributed by atoms with van der Waals surface area (Å²) >= 11 is 3.77. The second-order valence-electron chi connectivity index (χ2n) is 32.2. The number of thiophene rings is 2. The third kappa shape index (κ3) is 11.1. The van der Waals surface area contributed by atoms with Gasteiger partial charge in [-0.15, -0.1) is 22.7 Å². The molecule has 0 bridgehead atoms. The van der Waals surface area contributed by atoms with Crippen molar-refractivity contribution in [2.45, 2.75) is 0 Å². The number of para-hydroxylation sites is 1. The van der Waals surface area contributed by atoms with Crippen LogP contribution in [0.3, 0.4) is 0 Å². The summed E-state index contributed by atoms with van der Waals surface area (Å²) in [5.74, 6) is 0. The lowest BCUT2D eigenvalue weighted by Gasteiger charge is -2.15. The normalized spacial score (nSPS) is 12.0. The highest BCUT2D eigenvalue weighted by atomic mass is 32.1. The van der Waals surface area contributed by atoms with E-state index in [1.807, 2.05) is 34.8 Å². The van der Waals surface area contributed by atoms with E-state index in [0.717, 1.165) is 21.9 Å². The van der Waals surface area contributed by atoms with Crippen LogP contribution in [0.5, 0.6) is 0 Å². The number of hydrogen-bond acceptors (Lipinski definition) is 3. The van der Waals surface area contributed by atoms with Gasteiger partial charge in [0.1, 0.15) is 11.2 Å². The fourth-order valence-electron chi connectivity index (χ4n) is 20.3. The van der Waals surface area contributed by atoms with Crippen LogP contribution in [0, 0.1) is 0 Å². The quantitative estimate of drug-likeness (QED) is 0.148. The fraction of sp³-hybridized carbons (Fsp3) is 0. The summed E-state index contributed by atoms with van der Waals surface area (Å²) in [7, 11) is 0. The van der Waals surface area contributed by atoms with Crippen molar-refractivity contribution in [3.8, 4) is 156 Å². The molecule has 0 unspecified atom stereocenters. The van der Waals surface area contributed by atoms with Crippen LogP contribution in [-0.4, -0.2) is 0 Å². The maximum atomic E-state index is 6.01. The van der Waals surface area contributed by atoms with Gasteiger partial charge < -0.3 is 4.42 Å². The zero-order valence-corrected chi connectivity index (χ0v) is 67.3. The van der Waals surface area contributed by atoms with Crippen molar-refractivity contribution in [2.24, 2.45) is 0 Å². The van der Waals surface area contributed by atoms with Crippen LogP contribution in [0.15, 0.2) is 429 Å². The van der Waals surface area contributed by atoms with E-state index < -0.39 is 0 Å². The van der Waals surface area contributed by atoms with Crippen molar-refractivity contribution in [2.75, 3.05) is 0 Å². The first kappa shape index (κ1) is 69.1. The van der Waals surface area contributed by atoms with Crippen molar-refractivity contribution < 1.29 is 4.42 Å². The van der Waals surface area contributed by atoms with Gasteiger partial charge in [0.25, 0.3) is 0 Å². The van der Waals surface area contributed by atoms with E-state index in [4.69, 9.17) is 4.42 Å². The Morgan fingerprint density at radius 3 is 0.983 bits per heavy atom. The van der Waals surface area contributed by atoms with Crippen LogP contribution >= 0.6 is 22.7 Å². The molecule has 0 aliphatic heterocycles. The minimum Gasteiger partial charge on any atom is -0.456 e. The second kappa shape index (κ2) is 27.8. The topological polar surface area (TPSA) is 13.1 Å². The average molecular weight is 1570 g/mol. The molecule has 3 aliphatic rings. The van der Waals surface area contributed by atoms with E-state index in [2.05, 4.69) is 413 Å². The van der Waals surface area contributed by atoms with Gasteiger partial charge in [-0.05, 0) is 272 Å². The summed E-state index contributed by atoms with van der Waals surface area (Å²) in [6.07, 6.45) is 0. The van der Waals surface area contributed by atoms with Gasteiger partial charge >= 0.3 is 0 Å². The molecular formula is C118H70OS2. The molecule has 24 aromatic rings. The van der Waals surface area contributed by atoms with Crippen molar-refractivity contribution in [3.63, 3.8) is 0 Å².